The van der Waals surface area contributed by atoms with Gasteiger partial charge in [0.25, 0.3) is 0 Å². The molecule has 1 N–H and O–H groups in total. The average molecular weight is 247 g/mol. The maximum atomic E-state index is 5.27. The first-order valence-electron chi connectivity index (χ1n) is 6.15. The van der Waals surface area contributed by atoms with Crippen LogP contribution in [0.3, 0.4) is 0 Å². The fourth-order valence-electron chi connectivity index (χ4n) is 1.85. The van der Waals surface area contributed by atoms with Crippen molar-refractivity contribution in [2.75, 3.05) is 12.8 Å². The minimum Gasteiger partial charge on any atom is -0.313 e. The molecular formula is C15H21NS. The van der Waals surface area contributed by atoms with Gasteiger partial charge in [0.05, 0.1) is 0 Å². The molecule has 92 valence electrons. The van der Waals surface area contributed by atoms with Gasteiger partial charge in [0.1, 0.15) is 0 Å². The molecule has 0 heterocycles. The summed E-state index contributed by atoms with van der Waals surface area (Å²) in [5, 5.41) is 3.35. The second-order valence-electron chi connectivity index (χ2n) is 3.94. The van der Waals surface area contributed by atoms with Crippen LogP contribution in [0.15, 0.2) is 29.2 Å². The molecule has 1 unspecified atom stereocenters. The Morgan fingerprint density at radius 2 is 2.06 bits per heavy atom. The van der Waals surface area contributed by atoms with Crippen molar-refractivity contribution < 1.29 is 0 Å². The lowest BCUT2D eigenvalue weighted by molar-refractivity contribution is 0.532. The second kappa shape index (κ2) is 8.22. The molecule has 1 rings (SSSR count). The number of unbranched alkanes of at least 4 members (excludes halogenated alkanes) is 1. The van der Waals surface area contributed by atoms with Crippen LogP contribution in [-0.4, -0.2) is 12.8 Å². The quantitative estimate of drug-likeness (QED) is 0.446. The van der Waals surface area contributed by atoms with Gasteiger partial charge in [-0.2, -0.15) is 0 Å². The fraction of sp³-hybridized carbons (Fsp3) is 0.467. The van der Waals surface area contributed by atoms with Crippen molar-refractivity contribution in [1.29, 1.82) is 0 Å². The van der Waals surface area contributed by atoms with Gasteiger partial charge in [-0.15, -0.1) is 24.1 Å². The predicted molar refractivity (Wildman–Crippen MR) is 77.3 cm³/mol. The number of thioether (sulfide) groups is 1. The topological polar surface area (TPSA) is 12.0 Å². The van der Waals surface area contributed by atoms with Gasteiger partial charge in [0.15, 0.2) is 0 Å². The third-order valence-corrected chi connectivity index (χ3v) is 3.65. The van der Waals surface area contributed by atoms with Crippen molar-refractivity contribution >= 4 is 11.8 Å². The van der Waals surface area contributed by atoms with Crippen LogP contribution in [0, 0.1) is 12.3 Å². The number of hydrogen-bond donors (Lipinski definition) is 1. The highest BCUT2D eigenvalue weighted by atomic mass is 32.2. The molecule has 0 aliphatic carbocycles. The van der Waals surface area contributed by atoms with Gasteiger partial charge in [0.2, 0.25) is 0 Å². The van der Waals surface area contributed by atoms with Crippen LogP contribution in [0.1, 0.15) is 37.8 Å². The first kappa shape index (κ1) is 14.2. The van der Waals surface area contributed by atoms with Crippen LogP contribution in [0.2, 0.25) is 0 Å². The zero-order valence-electron chi connectivity index (χ0n) is 10.7. The van der Waals surface area contributed by atoms with E-state index in [0.717, 1.165) is 25.0 Å². The summed E-state index contributed by atoms with van der Waals surface area (Å²) in [4.78, 5) is 1.34. The number of terminal acetylenes is 1. The normalized spacial score (nSPS) is 12.1. The Hall–Kier alpha value is -0.910. The van der Waals surface area contributed by atoms with Crippen LogP contribution in [0.5, 0.6) is 0 Å². The number of hydrogen-bond acceptors (Lipinski definition) is 2. The van der Waals surface area contributed by atoms with Crippen molar-refractivity contribution in [3.05, 3.63) is 29.8 Å². The lowest BCUT2D eigenvalue weighted by Crippen LogP contribution is -2.16. The summed E-state index contributed by atoms with van der Waals surface area (Å²) in [6.07, 6.45) is 8.31. The Morgan fingerprint density at radius 3 is 2.59 bits per heavy atom. The van der Waals surface area contributed by atoms with Crippen LogP contribution in [0.25, 0.3) is 0 Å². The zero-order valence-corrected chi connectivity index (χ0v) is 11.5. The molecule has 0 aliphatic heterocycles. The van der Waals surface area contributed by atoms with Crippen LogP contribution >= 0.6 is 11.8 Å². The van der Waals surface area contributed by atoms with E-state index in [0.29, 0.717) is 6.04 Å². The van der Waals surface area contributed by atoms with Gasteiger partial charge < -0.3 is 5.32 Å². The fourth-order valence-corrected chi connectivity index (χ4v) is 2.51. The van der Waals surface area contributed by atoms with Gasteiger partial charge >= 0.3 is 0 Å². The van der Waals surface area contributed by atoms with Gasteiger partial charge in [-0.05, 0) is 43.3 Å². The highest BCUT2D eigenvalue weighted by molar-refractivity contribution is 7.99. The van der Waals surface area contributed by atoms with E-state index in [9.17, 15) is 0 Å². The molecule has 0 saturated heterocycles. The van der Waals surface area contributed by atoms with Crippen LogP contribution in [0.4, 0.5) is 0 Å². The molecule has 0 saturated carbocycles. The minimum absolute atomic E-state index is 0.420. The van der Waals surface area contributed by atoms with Crippen molar-refractivity contribution in [3.8, 4) is 12.3 Å². The molecule has 0 bridgehead atoms. The molecular weight excluding hydrogens is 226 g/mol. The molecule has 2 heteroatoms. The van der Waals surface area contributed by atoms with Crippen molar-refractivity contribution in [2.24, 2.45) is 0 Å². The van der Waals surface area contributed by atoms with Gasteiger partial charge in [-0.25, -0.2) is 0 Å². The lowest BCUT2D eigenvalue weighted by Gasteiger charge is -2.16. The summed E-state index contributed by atoms with van der Waals surface area (Å²) in [5.74, 6) is 3.82. The van der Waals surface area contributed by atoms with Crippen LogP contribution in [-0.2, 0) is 0 Å². The minimum atomic E-state index is 0.420. The monoisotopic (exact) mass is 247 g/mol. The third kappa shape index (κ3) is 4.85. The molecule has 0 amide bonds. The van der Waals surface area contributed by atoms with Crippen molar-refractivity contribution in [3.63, 3.8) is 0 Å². The van der Waals surface area contributed by atoms with E-state index in [1.807, 2.05) is 18.8 Å². The van der Waals surface area contributed by atoms with Gasteiger partial charge in [-0.1, -0.05) is 19.1 Å². The highest BCUT2D eigenvalue weighted by Crippen LogP contribution is 2.23. The Balaban J connectivity index is 2.59. The zero-order chi connectivity index (χ0) is 12.5. The van der Waals surface area contributed by atoms with Crippen molar-refractivity contribution in [1.82, 2.24) is 5.32 Å². The third-order valence-electron chi connectivity index (χ3n) is 2.76. The summed E-state index contributed by atoms with van der Waals surface area (Å²) in [6, 6.07) is 9.26. The molecule has 0 aromatic heterocycles. The molecule has 0 spiro atoms. The van der Waals surface area contributed by atoms with E-state index in [1.165, 1.54) is 10.5 Å². The lowest BCUT2D eigenvalue weighted by atomic mass is 10.0. The average Bonchev–Trinajstić information content (AvgIpc) is 2.36. The maximum Gasteiger partial charge on any atom is 0.0317 e. The smallest absolute Gasteiger partial charge is 0.0317 e. The summed E-state index contributed by atoms with van der Waals surface area (Å²) < 4.78 is 0. The SMILES string of the molecule is C#CCCCC(NC)c1ccc(SCC)cc1. The van der Waals surface area contributed by atoms with Crippen molar-refractivity contribution in [2.45, 2.75) is 37.1 Å². The van der Waals surface area contributed by atoms with Gasteiger partial charge in [-0.3, -0.25) is 0 Å². The Bertz CT molecular complexity index is 350. The molecule has 17 heavy (non-hydrogen) atoms. The van der Waals surface area contributed by atoms with Gasteiger partial charge in [0, 0.05) is 17.4 Å². The standard InChI is InChI=1S/C15H21NS/c1-4-6-7-8-15(16-3)13-9-11-14(12-10-13)17-5-2/h1,9-12,15-16H,5-8H2,2-3H3. The number of nitrogens with one attached hydrogen (secondary N) is 1. The number of rotatable bonds is 7. The van der Waals surface area contributed by atoms with E-state index in [4.69, 9.17) is 6.42 Å². The summed E-state index contributed by atoms with van der Waals surface area (Å²) >= 11 is 1.88. The Morgan fingerprint density at radius 1 is 1.35 bits per heavy atom. The summed E-state index contributed by atoms with van der Waals surface area (Å²) in [5.41, 5.74) is 1.35. The maximum absolute atomic E-state index is 5.27. The molecule has 1 aromatic rings. The molecule has 1 nitrogen and oxygen atoms in total. The second-order valence-corrected chi connectivity index (χ2v) is 5.28. The molecule has 1 atom stereocenters. The number of benzene rings is 1. The Labute approximate surface area is 109 Å². The van der Waals surface area contributed by atoms with E-state index < -0.39 is 0 Å². The predicted octanol–water partition coefficient (Wildman–Crippen LogP) is 3.86. The molecule has 0 aliphatic rings. The Kier molecular flexibility index (Phi) is 6.84. The van der Waals surface area contributed by atoms with E-state index in [2.05, 4.69) is 42.4 Å². The highest BCUT2D eigenvalue weighted by Gasteiger charge is 2.08. The van der Waals surface area contributed by atoms with Crippen LogP contribution < -0.4 is 5.32 Å². The molecule has 1 aromatic carbocycles. The van der Waals surface area contributed by atoms with E-state index >= 15 is 0 Å². The van der Waals surface area contributed by atoms with E-state index in [1.54, 1.807) is 0 Å². The first-order chi connectivity index (χ1) is 8.31. The molecule has 0 radical (unpaired) electrons. The first-order valence-corrected chi connectivity index (χ1v) is 7.13. The summed E-state index contributed by atoms with van der Waals surface area (Å²) in [6.45, 7) is 2.18. The molecule has 0 fully saturated rings. The van der Waals surface area contributed by atoms with E-state index in [-0.39, 0.29) is 0 Å². The summed E-state index contributed by atoms with van der Waals surface area (Å²) in [7, 11) is 2.01. The largest absolute Gasteiger partial charge is 0.313 e.